The van der Waals surface area contributed by atoms with Gasteiger partial charge in [0.25, 0.3) is 0 Å². The molecule has 0 bridgehead atoms. The number of carbonyl (C=O) groups is 1. The van der Waals surface area contributed by atoms with Gasteiger partial charge < -0.3 is 9.32 Å². The van der Waals surface area contributed by atoms with Crippen LogP contribution in [-0.2, 0) is 21.2 Å². The Morgan fingerprint density at radius 2 is 1.75 bits per heavy atom. The number of benzene rings is 2. The van der Waals surface area contributed by atoms with E-state index in [1.807, 2.05) is 30.3 Å². The summed E-state index contributed by atoms with van der Waals surface area (Å²) in [5, 5.41) is 0. The number of fused-ring (bicyclic) bond motifs is 1. The van der Waals surface area contributed by atoms with E-state index in [4.69, 9.17) is 4.42 Å². The number of hydrogen-bond donors (Lipinski definition) is 1. The summed E-state index contributed by atoms with van der Waals surface area (Å²) in [6, 6.07) is 13.8. The van der Waals surface area contributed by atoms with Crippen LogP contribution in [0.25, 0.3) is 11.1 Å². The standard InChI is InChI=1S/C19H19N3O5S/c23-18(12-14-4-2-1-3-5-14)21-8-10-22(11-9-21)28(25,26)15-6-7-16-17(13-15)27-19(24)20-16/h1-7,13H,8-12H2,(H,20,24). The van der Waals surface area contributed by atoms with Crippen molar-refractivity contribution in [3.05, 3.63) is 64.6 Å². The number of piperazine rings is 1. The van der Waals surface area contributed by atoms with Gasteiger partial charge in [-0.2, -0.15) is 4.31 Å². The molecule has 2 aromatic carbocycles. The molecule has 1 saturated heterocycles. The van der Waals surface area contributed by atoms with Gasteiger partial charge in [0.1, 0.15) is 0 Å². The molecule has 0 unspecified atom stereocenters. The first-order valence-corrected chi connectivity index (χ1v) is 10.3. The summed E-state index contributed by atoms with van der Waals surface area (Å²) in [7, 11) is -3.73. The average Bonchev–Trinajstić information content (AvgIpc) is 3.08. The van der Waals surface area contributed by atoms with E-state index in [2.05, 4.69) is 4.98 Å². The van der Waals surface area contributed by atoms with Crippen molar-refractivity contribution in [1.82, 2.24) is 14.2 Å². The van der Waals surface area contributed by atoms with Gasteiger partial charge in [-0.15, -0.1) is 0 Å². The van der Waals surface area contributed by atoms with E-state index < -0.39 is 15.8 Å². The quantitative estimate of drug-likeness (QED) is 0.707. The first-order chi connectivity index (χ1) is 13.4. The fourth-order valence-corrected chi connectivity index (χ4v) is 4.73. The summed E-state index contributed by atoms with van der Waals surface area (Å²) in [5.74, 6) is -0.645. The third-order valence-corrected chi connectivity index (χ3v) is 6.71. The number of oxazole rings is 1. The van der Waals surface area contributed by atoms with Crippen LogP contribution in [0, 0.1) is 0 Å². The largest absolute Gasteiger partial charge is 0.417 e. The Bertz CT molecular complexity index is 1160. The lowest BCUT2D eigenvalue weighted by atomic mass is 10.1. The molecule has 0 spiro atoms. The van der Waals surface area contributed by atoms with Gasteiger partial charge in [0.2, 0.25) is 15.9 Å². The number of amides is 1. The van der Waals surface area contributed by atoms with Crippen LogP contribution in [0.1, 0.15) is 5.56 Å². The number of carbonyl (C=O) groups excluding carboxylic acids is 1. The molecule has 1 N–H and O–H groups in total. The fraction of sp³-hybridized carbons (Fsp3) is 0.263. The molecule has 1 aromatic heterocycles. The number of sulfonamides is 1. The van der Waals surface area contributed by atoms with Crippen molar-refractivity contribution in [3.8, 4) is 0 Å². The molecule has 0 atom stereocenters. The van der Waals surface area contributed by atoms with Crippen molar-refractivity contribution in [2.75, 3.05) is 26.2 Å². The number of aromatic nitrogens is 1. The Labute approximate surface area is 161 Å². The monoisotopic (exact) mass is 401 g/mol. The zero-order valence-electron chi connectivity index (χ0n) is 15.0. The minimum absolute atomic E-state index is 0.0150. The van der Waals surface area contributed by atoms with Gasteiger partial charge >= 0.3 is 5.76 Å². The van der Waals surface area contributed by atoms with Crippen molar-refractivity contribution < 1.29 is 17.6 Å². The zero-order valence-corrected chi connectivity index (χ0v) is 15.8. The van der Waals surface area contributed by atoms with Crippen molar-refractivity contribution in [2.24, 2.45) is 0 Å². The molecule has 1 fully saturated rings. The van der Waals surface area contributed by atoms with E-state index in [-0.39, 0.29) is 29.5 Å². The molecule has 3 aromatic rings. The maximum atomic E-state index is 12.9. The maximum Gasteiger partial charge on any atom is 0.417 e. The van der Waals surface area contributed by atoms with Crippen LogP contribution >= 0.6 is 0 Å². The molecule has 1 amide bonds. The normalized spacial score (nSPS) is 15.8. The van der Waals surface area contributed by atoms with Crippen LogP contribution in [0.3, 0.4) is 0 Å². The van der Waals surface area contributed by atoms with Gasteiger partial charge in [0.05, 0.1) is 16.8 Å². The molecule has 28 heavy (non-hydrogen) atoms. The summed E-state index contributed by atoms with van der Waals surface area (Å²) < 4.78 is 32.1. The molecule has 0 aliphatic carbocycles. The molecule has 0 radical (unpaired) electrons. The van der Waals surface area contributed by atoms with E-state index in [1.54, 1.807) is 4.90 Å². The molecule has 8 nitrogen and oxygen atoms in total. The van der Waals surface area contributed by atoms with Crippen LogP contribution in [0.2, 0.25) is 0 Å². The minimum atomic E-state index is -3.73. The number of hydrogen-bond acceptors (Lipinski definition) is 5. The number of nitrogens with one attached hydrogen (secondary N) is 1. The van der Waals surface area contributed by atoms with Crippen LogP contribution in [-0.4, -0.2) is 54.7 Å². The summed E-state index contributed by atoms with van der Waals surface area (Å²) >= 11 is 0. The van der Waals surface area contributed by atoms with Gasteiger partial charge in [0, 0.05) is 32.2 Å². The van der Waals surface area contributed by atoms with E-state index in [1.165, 1.54) is 22.5 Å². The van der Waals surface area contributed by atoms with Gasteiger partial charge in [-0.05, 0) is 17.7 Å². The van der Waals surface area contributed by atoms with Gasteiger partial charge in [-0.1, -0.05) is 30.3 Å². The highest BCUT2D eigenvalue weighted by Gasteiger charge is 2.30. The molecule has 2 heterocycles. The number of aromatic amines is 1. The second-order valence-electron chi connectivity index (χ2n) is 6.62. The highest BCUT2D eigenvalue weighted by atomic mass is 32.2. The Morgan fingerprint density at radius 1 is 1.04 bits per heavy atom. The lowest BCUT2D eigenvalue weighted by Crippen LogP contribution is -2.50. The smallest absolute Gasteiger partial charge is 0.408 e. The predicted octanol–water partition coefficient (Wildman–Crippen LogP) is 1.20. The van der Waals surface area contributed by atoms with E-state index in [9.17, 15) is 18.0 Å². The van der Waals surface area contributed by atoms with Crippen LogP contribution in [0.15, 0.2) is 62.6 Å². The van der Waals surface area contributed by atoms with Crippen molar-refractivity contribution in [1.29, 1.82) is 0 Å². The van der Waals surface area contributed by atoms with Crippen molar-refractivity contribution in [3.63, 3.8) is 0 Å². The summed E-state index contributed by atoms with van der Waals surface area (Å²) in [6.07, 6.45) is 0.302. The second kappa shape index (κ2) is 7.25. The Morgan fingerprint density at radius 3 is 2.46 bits per heavy atom. The Balaban J connectivity index is 1.44. The molecule has 1 aliphatic rings. The Hall–Kier alpha value is -2.91. The van der Waals surface area contributed by atoms with Gasteiger partial charge in [-0.3, -0.25) is 9.78 Å². The van der Waals surface area contributed by atoms with Crippen molar-refractivity contribution >= 4 is 27.0 Å². The topological polar surface area (TPSA) is 104 Å². The van der Waals surface area contributed by atoms with E-state index in [0.717, 1.165) is 5.56 Å². The van der Waals surface area contributed by atoms with E-state index >= 15 is 0 Å². The first-order valence-electron chi connectivity index (χ1n) is 8.88. The third kappa shape index (κ3) is 3.58. The van der Waals surface area contributed by atoms with Gasteiger partial charge in [-0.25, -0.2) is 13.2 Å². The maximum absolute atomic E-state index is 12.9. The molecule has 9 heteroatoms. The van der Waals surface area contributed by atoms with Crippen LogP contribution in [0.5, 0.6) is 0 Å². The molecular formula is C19H19N3O5S. The minimum Gasteiger partial charge on any atom is -0.408 e. The SMILES string of the molecule is O=C(Cc1ccccc1)N1CCN(S(=O)(=O)c2ccc3[nH]c(=O)oc3c2)CC1. The molecule has 4 rings (SSSR count). The molecule has 0 saturated carbocycles. The summed E-state index contributed by atoms with van der Waals surface area (Å²) in [4.78, 5) is 27.9. The number of H-pyrrole nitrogens is 1. The third-order valence-electron chi connectivity index (χ3n) is 4.82. The average molecular weight is 401 g/mol. The van der Waals surface area contributed by atoms with Gasteiger partial charge in [0.15, 0.2) is 5.58 Å². The second-order valence-corrected chi connectivity index (χ2v) is 8.56. The first kappa shape index (κ1) is 18.5. The highest BCUT2D eigenvalue weighted by molar-refractivity contribution is 7.89. The molecular weight excluding hydrogens is 382 g/mol. The van der Waals surface area contributed by atoms with Crippen LogP contribution < -0.4 is 5.76 Å². The lowest BCUT2D eigenvalue weighted by Gasteiger charge is -2.34. The highest BCUT2D eigenvalue weighted by Crippen LogP contribution is 2.21. The Kier molecular flexibility index (Phi) is 4.78. The molecule has 1 aliphatic heterocycles. The molecule has 146 valence electrons. The predicted molar refractivity (Wildman–Crippen MR) is 102 cm³/mol. The lowest BCUT2D eigenvalue weighted by molar-refractivity contribution is -0.131. The number of rotatable bonds is 4. The zero-order chi connectivity index (χ0) is 19.7. The summed E-state index contributed by atoms with van der Waals surface area (Å²) in [6.45, 7) is 1.12. The summed E-state index contributed by atoms with van der Waals surface area (Å²) in [5.41, 5.74) is 1.58. The fourth-order valence-electron chi connectivity index (χ4n) is 3.30. The van der Waals surface area contributed by atoms with Crippen molar-refractivity contribution in [2.45, 2.75) is 11.3 Å². The van der Waals surface area contributed by atoms with E-state index in [0.29, 0.717) is 25.0 Å². The van der Waals surface area contributed by atoms with Crippen LogP contribution in [0.4, 0.5) is 0 Å². The number of nitrogens with zero attached hydrogens (tertiary/aromatic N) is 2.